The van der Waals surface area contributed by atoms with Gasteiger partial charge in [0.2, 0.25) is 5.95 Å². The van der Waals surface area contributed by atoms with Crippen molar-refractivity contribution in [3.63, 3.8) is 0 Å². The van der Waals surface area contributed by atoms with Crippen LogP contribution in [0.1, 0.15) is 30.3 Å². The predicted molar refractivity (Wildman–Crippen MR) is 76.2 cm³/mol. The summed E-state index contributed by atoms with van der Waals surface area (Å²) in [6.45, 7) is 1.90. The Kier molecular flexibility index (Phi) is 2.30. The van der Waals surface area contributed by atoms with E-state index in [1.165, 1.54) is 12.8 Å². The van der Waals surface area contributed by atoms with Gasteiger partial charge < -0.3 is 10.2 Å². The molecule has 5 nitrogen and oxygen atoms in total. The number of nitrogens with zero attached hydrogens (tertiary/aromatic N) is 3. The highest BCUT2D eigenvalue weighted by Gasteiger charge is 2.28. The minimum Gasteiger partial charge on any atom is -0.440 e. The summed E-state index contributed by atoms with van der Waals surface area (Å²) in [4.78, 5) is 12.9. The van der Waals surface area contributed by atoms with Gasteiger partial charge in [-0.2, -0.15) is 0 Å². The fourth-order valence-electron chi connectivity index (χ4n) is 2.35. The largest absolute Gasteiger partial charge is 0.440 e. The van der Waals surface area contributed by atoms with E-state index in [2.05, 4.69) is 15.0 Å². The Morgan fingerprint density at radius 2 is 2.00 bits per heavy atom. The standard InChI is InChI=1S/C15H14N4O/c1-8-6-11(19-15(16)17-8)10-4-5-13-12(7-10)18-14(20-13)9-2-3-9/h4-7,9H,2-3H2,1H3,(H2,16,17,19). The van der Waals surface area contributed by atoms with Crippen LogP contribution >= 0.6 is 0 Å². The number of fused-ring (bicyclic) bond motifs is 1. The molecule has 20 heavy (non-hydrogen) atoms. The molecule has 0 saturated heterocycles. The molecule has 3 aromatic rings. The summed E-state index contributed by atoms with van der Waals surface area (Å²) in [5.41, 5.74) is 10.1. The van der Waals surface area contributed by atoms with Gasteiger partial charge >= 0.3 is 0 Å². The molecule has 2 N–H and O–H groups in total. The van der Waals surface area contributed by atoms with Gasteiger partial charge in [-0.3, -0.25) is 0 Å². The molecule has 0 bridgehead atoms. The molecule has 0 radical (unpaired) electrons. The molecule has 0 aliphatic heterocycles. The Morgan fingerprint density at radius 1 is 1.15 bits per heavy atom. The maximum absolute atomic E-state index is 5.76. The van der Waals surface area contributed by atoms with Crippen LogP contribution in [0.2, 0.25) is 0 Å². The number of nitrogens with two attached hydrogens (primary N) is 1. The third-order valence-corrected chi connectivity index (χ3v) is 3.50. The normalized spacial score (nSPS) is 14.8. The van der Waals surface area contributed by atoms with E-state index in [4.69, 9.17) is 10.2 Å². The maximum Gasteiger partial charge on any atom is 0.220 e. The van der Waals surface area contributed by atoms with E-state index in [9.17, 15) is 0 Å². The van der Waals surface area contributed by atoms with Crippen molar-refractivity contribution in [2.24, 2.45) is 0 Å². The average Bonchev–Trinajstić information content (AvgIpc) is 3.16. The minimum absolute atomic E-state index is 0.291. The number of anilines is 1. The van der Waals surface area contributed by atoms with Crippen molar-refractivity contribution in [1.82, 2.24) is 15.0 Å². The number of hydrogen-bond acceptors (Lipinski definition) is 5. The molecule has 0 unspecified atom stereocenters. The fourth-order valence-corrected chi connectivity index (χ4v) is 2.35. The van der Waals surface area contributed by atoms with Gasteiger partial charge in [-0.15, -0.1) is 0 Å². The van der Waals surface area contributed by atoms with Crippen molar-refractivity contribution in [1.29, 1.82) is 0 Å². The second-order valence-electron chi connectivity index (χ2n) is 5.26. The minimum atomic E-state index is 0.291. The van der Waals surface area contributed by atoms with Gasteiger partial charge in [0.1, 0.15) is 5.52 Å². The molecule has 0 atom stereocenters. The van der Waals surface area contributed by atoms with Gasteiger partial charge in [0, 0.05) is 17.2 Å². The van der Waals surface area contributed by atoms with E-state index in [-0.39, 0.29) is 0 Å². The maximum atomic E-state index is 5.76. The SMILES string of the molecule is Cc1cc(-c2ccc3oc(C4CC4)nc3c2)nc(N)n1. The van der Waals surface area contributed by atoms with Gasteiger partial charge in [0.05, 0.1) is 5.69 Å². The molecular weight excluding hydrogens is 252 g/mol. The topological polar surface area (TPSA) is 77.8 Å². The number of aromatic nitrogens is 3. The van der Waals surface area contributed by atoms with Gasteiger partial charge in [-0.05, 0) is 44.0 Å². The average molecular weight is 266 g/mol. The number of hydrogen-bond donors (Lipinski definition) is 1. The van der Waals surface area contributed by atoms with Crippen molar-refractivity contribution in [2.45, 2.75) is 25.7 Å². The van der Waals surface area contributed by atoms with E-state index in [1.807, 2.05) is 31.2 Å². The zero-order valence-electron chi connectivity index (χ0n) is 11.1. The van der Waals surface area contributed by atoms with Gasteiger partial charge in [-0.25, -0.2) is 15.0 Å². The Labute approximate surface area is 115 Å². The monoisotopic (exact) mass is 266 g/mol. The smallest absolute Gasteiger partial charge is 0.220 e. The summed E-state index contributed by atoms with van der Waals surface area (Å²) >= 11 is 0. The van der Waals surface area contributed by atoms with E-state index in [0.29, 0.717) is 11.9 Å². The van der Waals surface area contributed by atoms with Crippen molar-refractivity contribution in [3.05, 3.63) is 35.9 Å². The lowest BCUT2D eigenvalue weighted by Gasteiger charge is -2.02. The van der Waals surface area contributed by atoms with Crippen molar-refractivity contribution in [3.8, 4) is 11.3 Å². The number of oxazole rings is 1. The molecule has 1 aromatic carbocycles. The van der Waals surface area contributed by atoms with E-state index < -0.39 is 0 Å². The summed E-state index contributed by atoms with van der Waals surface area (Å²) in [6.07, 6.45) is 2.36. The zero-order chi connectivity index (χ0) is 13.7. The predicted octanol–water partition coefficient (Wildman–Crippen LogP) is 3.05. The molecule has 0 spiro atoms. The van der Waals surface area contributed by atoms with Gasteiger partial charge in [0.25, 0.3) is 0 Å². The molecule has 1 fully saturated rings. The van der Waals surface area contributed by atoms with Crippen LogP contribution in [-0.4, -0.2) is 15.0 Å². The summed E-state index contributed by atoms with van der Waals surface area (Å²) in [7, 11) is 0. The highest BCUT2D eigenvalue weighted by molar-refractivity contribution is 5.79. The van der Waals surface area contributed by atoms with Gasteiger partial charge in [0.15, 0.2) is 11.5 Å². The Hall–Kier alpha value is -2.43. The highest BCUT2D eigenvalue weighted by Crippen LogP contribution is 2.40. The van der Waals surface area contributed by atoms with Crippen molar-refractivity contribution in [2.75, 3.05) is 5.73 Å². The number of benzene rings is 1. The van der Waals surface area contributed by atoms with E-state index in [1.54, 1.807) is 0 Å². The van der Waals surface area contributed by atoms with Crippen LogP contribution in [-0.2, 0) is 0 Å². The van der Waals surface area contributed by atoms with Crippen LogP contribution in [0.15, 0.2) is 28.7 Å². The molecular formula is C15H14N4O. The van der Waals surface area contributed by atoms with Crippen molar-refractivity contribution < 1.29 is 4.42 Å². The van der Waals surface area contributed by atoms with E-state index >= 15 is 0 Å². The summed E-state index contributed by atoms with van der Waals surface area (Å²) < 4.78 is 5.76. The lowest BCUT2D eigenvalue weighted by Crippen LogP contribution is -1.98. The Balaban J connectivity index is 1.82. The molecule has 1 aliphatic carbocycles. The summed E-state index contributed by atoms with van der Waals surface area (Å²) in [5.74, 6) is 1.66. The Bertz CT molecular complexity index is 784. The quantitative estimate of drug-likeness (QED) is 0.771. The molecule has 2 heterocycles. The third kappa shape index (κ3) is 1.91. The lowest BCUT2D eigenvalue weighted by atomic mass is 10.1. The van der Waals surface area contributed by atoms with Crippen LogP contribution in [0.4, 0.5) is 5.95 Å². The zero-order valence-corrected chi connectivity index (χ0v) is 11.1. The molecule has 2 aromatic heterocycles. The fraction of sp³-hybridized carbons (Fsp3) is 0.267. The number of nitrogen functional groups attached to an aromatic ring is 1. The molecule has 0 amide bonds. The third-order valence-electron chi connectivity index (χ3n) is 3.50. The Morgan fingerprint density at radius 3 is 2.75 bits per heavy atom. The first kappa shape index (κ1) is 11.4. The van der Waals surface area contributed by atoms with Gasteiger partial charge in [-0.1, -0.05) is 0 Å². The van der Waals surface area contributed by atoms with Crippen LogP contribution in [0.5, 0.6) is 0 Å². The number of rotatable bonds is 2. The first-order chi connectivity index (χ1) is 9.69. The first-order valence-electron chi connectivity index (χ1n) is 6.71. The molecule has 5 heteroatoms. The molecule has 1 aliphatic rings. The second-order valence-corrected chi connectivity index (χ2v) is 5.26. The molecule has 1 saturated carbocycles. The van der Waals surface area contributed by atoms with Crippen LogP contribution in [0.25, 0.3) is 22.4 Å². The first-order valence-corrected chi connectivity index (χ1v) is 6.71. The van der Waals surface area contributed by atoms with Crippen molar-refractivity contribution >= 4 is 17.0 Å². The van der Waals surface area contributed by atoms with E-state index in [0.717, 1.165) is 33.9 Å². The second kappa shape index (κ2) is 4.03. The van der Waals surface area contributed by atoms with Crippen LogP contribution in [0, 0.1) is 6.92 Å². The highest BCUT2D eigenvalue weighted by atomic mass is 16.3. The number of aryl methyl sites for hydroxylation is 1. The molecule has 100 valence electrons. The summed E-state index contributed by atoms with van der Waals surface area (Å²) in [6, 6.07) is 7.83. The molecule has 4 rings (SSSR count). The van der Waals surface area contributed by atoms with Crippen LogP contribution in [0.3, 0.4) is 0 Å². The van der Waals surface area contributed by atoms with Crippen LogP contribution < -0.4 is 5.73 Å². The summed E-state index contributed by atoms with van der Waals surface area (Å²) in [5, 5.41) is 0. The lowest BCUT2D eigenvalue weighted by molar-refractivity contribution is 0.533.